The van der Waals surface area contributed by atoms with E-state index in [4.69, 9.17) is 5.11 Å². The predicted molar refractivity (Wildman–Crippen MR) is 72.7 cm³/mol. The van der Waals surface area contributed by atoms with Crippen molar-refractivity contribution < 1.29 is 18.3 Å². The summed E-state index contributed by atoms with van der Waals surface area (Å²) in [5, 5.41) is 8.86. The van der Waals surface area contributed by atoms with E-state index in [0.29, 0.717) is 0 Å². The first-order valence-corrected chi connectivity index (χ1v) is 7.71. The molecule has 0 aromatic heterocycles. The molecule has 1 atom stereocenters. The summed E-state index contributed by atoms with van der Waals surface area (Å²) in [6, 6.07) is 5.17. The van der Waals surface area contributed by atoms with Crippen LogP contribution in [0, 0.1) is 0 Å². The zero-order valence-corrected chi connectivity index (χ0v) is 11.9. The van der Waals surface area contributed by atoms with Crippen LogP contribution in [0.1, 0.15) is 43.5 Å². The molecule has 2 N–H and O–H groups in total. The van der Waals surface area contributed by atoms with Gasteiger partial charge in [0.05, 0.1) is 10.5 Å². The van der Waals surface area contributed by atoms with E-state index in [0.717, 1.165) is 25.3 Å². The zero-order chi connectivity index (χ0) is 14.5. The van der Waals surface area contributed by atoms with E-state index in [1.54, 1.807) is 6.92 Å². The van der Waals surface area contributed by atoms with Gasteiger partial charge in [-0.3, -0.25) is 0 Å². The number of hydrogen-bond acceptors (Lipinski definition) is 3. The lowest BCUT2D eigenvalue weighted by atomic mass is 10.2. The first kappa shape index (κ1) is 15.7. The van der Waals surface area contributed by atoms with Crippen LogP contribution in [-0.2, 0) is 10.0 Å². The van der Waals surface area contributed by atoms with E-state index in [9.17, 15) is 13.2 Å². The van der Waals surface area contributed by atoms with Crippen molar-refractivity contribution >= 4 is 16.0 Å². The SMILES string of the molecule is CCCCC(C)NS(=O)(=O)c1cccc(C(=O)O)c1. The minimum atomic E-state index is -3.66. The quantitative estimate of drug-likeness (QED) is 0.804. The molecular formula is C13H19NO4S. The summed E-state index contributed by atoms with van der Waals surface area (Å²) < 4.78 is 26.7. The molecule has 1 aromatic carbocycles. The number of carboxylic acid groups (broad SMARTS) is 1. The lowest BCUT2D eigenvalue weighted by Crippen LogP contribution is -2.32. The second-order valence-corrected chi connectivity index (χ2v) is 6.21. The Morgan fingerprint density at radius 3 is 2.68 bits per heavy atom. The Labute approximate surface area is 113 Å². The third kappa shape index (κ3) is 4.65. The standard InChI is InChI=1S/C13H19NO4S/c1-3-4-6-10(2)14-19(17,18)12-8-5-7-11(9-12)13(15)16/h5,7-10,14H,3-4,6H2,1-2H3,(H,15,16). The number of rotatable bonds is 7. The number of unbranched alkanes of at least 4 members (excludes halogenated alkanes) is 1. The van der Waals surface area contributed by atoms with Crippen molar-refractivity contribution in [2.45, 2.75) is 44.0 Å². The van der Waals surface area contributed by atoms with Crippen LogP contribution in [0.4, 0.5) is 0 Å². The largest absolute Gasteiger partial charge is 0.478 e. The fraction of sp³-hybridized carbons (Fsp3) is 0.462. The predicted octanol–water partition coefficient (Wildman–Crippen LogP) is 2.24. The Bertz CT molecular complexity index is 539. The van der Waals surface area contributed by atoms with Crippen LogP contribution >= 0.6 is 0 Å². The lowest BCUT2D eigenvalue weighted by Gasteiger charge is -2.14. The van der Waals surface area contributed by atoms with Gasteiger partial charge in [0.1, 0.15) is 0 Å². The average molecular weight is 285 g/mol. The molecule has 0 aliphatic rings. The van der Waals surface area contributed by atoms with Crippen LogP contribution in [0.15, 0.2) is 29.2 Å². The van der Waals surface area contributed by atoms with Gasteiger partial charge in [0.2, 0.25) is 10.0 Å². The van der Waals surface area contributed by atoms with Gasteiger partial charge < -0.3 is 5.11 Å². The maximum atomic E-state index is 12.1. The van der Waals surface area contributed by atoms with Gasteiger partial charge in [-0.1, -0.05) is 25.8 Å². The van der Waals surface area contributed by atoms with Crippen LogP contribution in [0.5, 0.6) is 0 Å². The Balaban J connectivity index is 2.88. The summed E-state index contributed by atoms with van der Waals surface area (Å²) in [5.41, 5.74) is -0.0379. The number of nitrogens with one attached hydrogen (secondary N) is 1. The normalized spacial score (nSPS) is 13.2. The van der Waals surface area contributed by atoms with Gasteiger partial charge in [0, 0.05) is 6.04 Å². The zero-order valence-electron chi connectivity index (χ0n) is 11.1. The number of hydrogen-bond donors (Lipinski definition) is 2. The Kier molecular flexibility index (Phi) is 5.50. The van der Waals surface area contributed by atoms with E-state index >= 15 is 0 Å². The minimum Gasteiger partial charge on any atom is -0.478 e. The highest BCUT2D eigenvalue weighted by Crippen LogP contribution is 2.13. The molecule has 19 heavy (non-hydrogen) atoms. The van der Waals surface area contributed by atoms with Crippen LogP contribution in [0.2, 0.25) is 0 Å². The molecule has 6 heteroatoms. The monoisotopic (exact) mass is 285 g/mol. The summed E-state index contributed by atoms with van der Waals surface area (Å²) in [6.45, 7) is 3.84. The van der Waals surface area contributed by atoms with Gasteiger partial charge in [0.25, 0.3) is 0 Å². The van der Waals surface area contributed by atoms with Crippen molar-refractivity contribution in [1.29, 1.82) is 0 Å². The summed E-state index contributed by atoms with van der Waals surface area (Å²) in [7, 11) is -3.66. The highest BCUT2D eigenvalue weighted by atomic mass is 32.2. The maximum absolute atomic E-state index is 12.1. The molecule has 0 saturated carbocycles. The van der Waals surface area contributed by atoms with E-state index in [1.807, 2.05) is 6.92 Å². The summed E-state index contributed by atoms with van der Waals surface area (Å²) in [4.78, 5) is 10.8. The third-order valence-electron chi connectivity index (χ3n) is 2.74. The van der Waals surface area contributed by atoms with Crippen molar-refractivity contribution in [3.63, 3.8) is 0 Å². The fourth-order valence-electron chi connectivity index (χ4n) is 1.70. The Morgan fingerprint density at radius 2 is 2.11 bits per heavy atom. The Morgan fingerprint density at radius 1 is 1.42 bits per heavy atom. The lowest BCUT2D eigenvalue weighted by molar-refractivity contribution is 0.0696. The van der Waals surface area contributed by atoms with E-state index in [2.05, 4.69) is 4.72 Å². The first-order valence-electron chi connectivity index (χ1n) is 6.22. The molecule has 1 aromatic rings. The molecule has 0 radical (unpaired) electrons. The number of aromatic carboxylic acids is 1. The highest BCUT2D eigenvalue weighted by Gasteiger charge is 2.18. The number of carbonyl (C=O) groups is 1. The molecule has 0 amide bonds. The highest BCUT2D eigenvalue weighted by molar-refractivity contribution is 7.89. The maximum Gasteiger partial charge on any atom is 0.335 e. The number of benzene rings is 1. The second-order valence-electron chi connectivity index (χ2n) is 4.50. The van der Waals surface area contributed by atoms with Crippen molar-refractivity contribution in [1.82, 2.24) is 4.72 Å². The molecule has 106 valence electrons. The smallest absolute Gasteiger partial charge is 0.335 e. The summed E-state index contributed by atoms with van der Waals surface area (Å²) >= 11 is 0. The molecule has 0 spiro atoms. The summed E-state index contributed by atoms with van der Waals surface area (Å²) in [5.74, 6) is -1.14. The molecule has 5 nitrogen and oxygen atoms in total. The first-order chi connectivity index (χ1) is 8.86. The van der Waals surface area contributed by atoms with Crippen molar-refractivity contribution in [2.24, 2.45) is 0 Å². The Hall–Kier alpha value is -1.40. The van der Waals surface area contributed by atoms with Gasteiger partial charge in [-0.25, -0.2) is 17.9 Å². The molecule has 0 aliphatic carbocycles. The van der Waals surface area contributed by atoms with Crippen molar-refractivity contribution in [2.75, 3.05) is 0 Å². The van der Waals surface area contributed by atoms with E-state index in [-0.39, 0.29) is 16.5 Å². The van der Waals surface area contributed by atoms with Crippen LogP contribution in [-0.4, -0.2) is 25.5 Å². The van der Waals surface area contributed by atoms with E-state index in [1.165, 1.54) is 18.2 Å². The topological polar surface area (TPSA) is 83.5 Å². The van der Waals surface area contributed by atoms with E-state index < -0.39 is 16.0 Å². The minimum absolute atomic E-state index is 0.0178. The third-order valence-corrected chi connectivity index (χ3v) is 4.33. The molecule has 1 rings (SSSR count). The molecular weight excluding hydrogens is 266 g/mol. The van der Waals surface area contributed by atoms with Gasteiger partial charge >= 0.3 is 5.97 Å². The molecule has 1 unspecified atom stereocenters. The fourth-order valence-corrected chi connectivity index (χ4v) is 3.02. The molecule has 0 bridgehead atoms. The van der Waals surface area contributed by atoms with Crippen LogP contribution in [0.3, 0.4) is 0 Å². The molecule has 0 heterocycles. The van der Waals surface area contributed by atoms with Gasteiger partial charge in [-0.05, 0) is 31.5 Å². The van der Waals surface area contributed by atoms with Gasteiger partial charge in [0.15, 0.2) is 0 Å². The average Bonchev–Trinajstić information content (AvgIpc) is 2.36. The number of carboxylic acids is 1. The number of sulfonamides is 1. The van der Waals surface area contributed by atoms with Crippen LogP contribution < -0.4 is 4.72 Å². The van der Waals surface area contributed by atoms with Gasteiger partial charge in [-0.15, -0.1) is 0 Å². The van der Waals surface area contributed by atoms with Crippen molar-refractivity contribution in [3.8, 4) is 0 Å². The molecule has 0 saturated heterocycles. The summed E-state index contributed by atoms with van der Waals surface area (Å²) in [6.07, 6.45) is 2.70. The van der Waals surface area contributed by atoms with Crippen LogP contribution in [0.25, 0.3) is 0 Å². The molecule has 0 aliphatic heterocycles. The van der Waals surface area contributed by atoms with Gasteiger partial charge in [-0.2, -0.15) is 0 Å². The second kappa shape index (κ2) is 6.68. The van der Waals surface area contributed by atoms with Crippen molar-refractivity contribution in [3.05, 3.63) is 29.8 Å². The molecule has 0 fully saturated rings.